The second kappa shape index (κ2) is 4.88. The van der Waals surface area contributed by atoms with Gasteiger partial charge in [-0.2, -0.15) is 4.98 Å². The smallest absolute Gasteiger partial charge is 0.287 e. The summed E-state index contributed by atoms with van der Waals surface area (Å²) in [5.41, 5.74) is 0. The van der Waals surface area contributed by atoms with Crippen LogP contribution < -0.4 is 10.1 Å². The summed E-state index contributed by atoms with van der Waals surface area (Å²) in [4.78, 5) is 3.88. The highest BCUT2D eigenvalue weighted by Crippen LogP contribution is 2.15. The molecule has 1 heterocycles. The molecule has 84 valence electrons. The van der Waals surface area contributed by atoms with Gasteiger partial charge in [0.25, 0.3) is 5.92 Å². The lowest BCUT2D eigenvalue weighted by molar-refractivity contribution is -0.0373. The normalized spacial score (nSPS) is 11.2. The molecule has 0 aliphatic carbocycles. The Morgan fingerprint density at radius 3 is 2.87 bits per heavy atom. The molecule has 0 bridgehead atoms. The van der Waals surface area contributed by atoms with E-state index < -0.39 is 19.1 Å². The van der Waals surface area contributed by atoms with E-state index in [0.29, 0.717) is 5.88 Å². The zero-order chi connectivity index (χ0) is 11.3. The molecule has 1 rings (SSSR count). The van der Waals surface area contributed by atoms with Gasteiger partial charge < -0.3 is 15.2 Å². The maximum absolute atomic E-state index is 12.6. The van der Waals surface area contributed by atoms with Crippen molar-refractivity contribution in [2.45, 2.75) is 5.92 Å². The van der Waals surface area contributed by atoms with E-state index in [9.17, 15) is 8.78 Å². The molecule has 6 heteroatoms. The van der Waals surface area contributed by atoms with Crippen LogP contribution in [0.4, 0.5) is 14.6 Å². The zero-order valence-electron chi connectivity index (χ0n) is 8.20. The molecule has 15 heavy (non-hydrogen) atoms. The minimum Gasteiger partial charge on any atom is -0.481 e. The number of methoxy groups -OCH3 is 1. The van der Waals surface area contributed by atoms with Crippen LogP contribution in [-0.4, -0.2) is 36.3 Å². The molecule has 1 aromatic rings. The van der Waals surface area contributed by atoms with Crippen LogP contribution in [0.15, 0.2) is 18.2 Å². The fourth-order valence-electron chi connectivity index (χ4n) is 0.903. The van der Waals surface area contributed by atoms with E-state index in [1.54, 1.807) is 12.1 Å². The Kier molecular flexibility index (Phi) is 3.79. The van der Waals surface area contributed by atoms with E-state index in [-0.39, 0.29) is 5.82 Å². The van der Waals surface area contributed by atoms with E-state index in [2.05, 4.69) is 10.3 Å². The predicted octanol–water partition coefficient (Wildman–Crippen LogP) is 1.13. The van der Waals surface area contributed by atoms with Crippen LogP contribution in [0.1, 0.15) is 0 Å². The number of ether oxygens (including phenoxy) is 1. The van der Waals surface area contributed by atoms with Crippen LogP contribution in [0, 0.1) is 0 Å². The van der Waals surface area contributed by atoms with Crippen molar-refractivity contribution < 1.29 is 18.6 Å². The van der Waals surface area contributed by atoms with E-state index in [1.165, 1.54) is 13.2 Å². The van der Waals surface area contributed by atoms with Gasteiger partial charge in [-0.05, 0) is 6.07 Å². The lowest BCUT2D eigenvalue weighted by Gasteiger charge is -2.14. The average Bonchev–Trinajstić information content (AvgIpc) is 2.27. The summed E-state index contributed by atoms with van der Waals surface area (Å²) in [7, 11) is 1.44. The maximum atomic E-state index is 12.6. The first kappa shape index (κ1) is 11.6. The minimum atomic E-state index is -3.15. The Morgan fingerprint density at radius 1 is 1.53 bits per heavy atom. The largest absolute Gasteiger partial charge is 0.481 e. The molecular weight excluding hydrogens is 206 g/mol. The second-order valence-electron chi connectivity index (χ2n) is 2.93. The zero-order valence-corrected chi connectivity index (χ0v) is 8.20. The summed E-state index contributed by atoms with van der Waals surface area (Å²) in [6.45, 7) is -1.85. The number of nitrogens with zero attached hydrogens (tertiary/aromatic N) is 1. The van der Waals surface area contributed by atoms with Gasteiger partial charge in [-0.15, -0.1) is 0 Å². The molecule has 0 amide bonds. The molecular formula is C9H12F2N2O2. The molecule has 0 aliphatic heterocycles. The number of halogens is 2. The molecule has 0 aliphatic rings. The molecule has 0 radical (unpaired) electrons. The van der Waals surface area contributed by atoms with Crippen LogP contribution in [-0.2, 0) is 0 Å². The van der Waals surface area contributed by atoms with Crippen LogP contribution in [0.5, 0.6) is 5.88 Å². The molecule has 2 N–H and O–H groups in total. The molecule has 0 aromatic carbocycles. The quantitative estimate of drug-likeness (QED) is 0.777. The summed E-state index contributed by atoms with van der Waals surface area (Å²) in [6.07, 6.45) is 0. The molecule has 0 fully saturated rings. The Bertz CT molecular complexity index is 321. The molecule has 0 saturated heterocycles. The molecule has 0 saturated carbocycles. The van der Waals surface area contributed by atoms with E-state index >= 15 is 0 Å². The van der Waals surface area contributed by atoms with Gasteiger partial charge in [0.15, 0.2) is 0 Å². The third kappa shape index (κ3) is 3.67. The highest BCUT2D eigenvalue weighted by atomic mass is 19.3. The average molecular weight is 218 g/mol. The fourth-order valence-corrected chi connectivity index (χ4v) is 0.903. The SMILES string of the molecule is COc1cccc(NCC(F)(F)CO)n1. The maximum Gasteiger partial charge on any atom is 0.287 e. The summed E-state index contributed by atoms with van der Waals surface area (Å²) < 4.78 is 30.1. The van der Waals surface area contributed by atoms with Crippen LogP contribution in [0.25, 0.3) is 0 Å². The molecule has 4 nitrogen and oxygen atoms in total. The standard InChI is InChI=1S/C9H12F2N2O2/c1-15-8-4-2-3-7(13-8)12-5-9(10,11)6-14/h2-4,14H,5-6H2,1H3,(H,12,13). The molecule has 0 unspecified atom stereocenters. The first-order valence-corrected chi connectivity index (χ1v) is 4.31. The lowest BCUT2D eigenvalue weighted by Crippen LogP contribution is -2.31. The van der Waals surface area contributed by atoms with Crippen LogP contribution in [0.3, 0.4) is 0 Å². The fraction of sp³-hybridized carbons (Fsp3) is 0.444. The van der Waals surface area contributed by atoms with Crippen molar-refractivity contribution >= 4 is 5.82 Å². The third-order valence-electron chi connectivity index (χ3n) is 1.69. The number of aliphatic hydroxyl groups is 1. The second-order valence-corrected chi connectivity index (χ2v) is 2.93. The highest BCUT2D eigenvalue weighted by molar-refractivity contribution is 5.37. The molecule has 0 spiro atoms. The number of hydrogen-bond donors (Lipinski definition) is 2. The number of anilines is 1. The number of nitrogens with one attached hydrogen (secondary N) is 1. The Morgan fingerprint density at radius 2 is 2.27 bits per heavy atom. The Balaban J connectivity index is 2.57. The first-order chi connectivity index (χ1) is 7.07. The van der Waals surface area contributed by atoms with Crippen molar-refractivity contribution in [3.05, 3.63) is 18.2 Å². The van der Waals surface area contributed by atoms with Gasteiger partial charge in [0.2, 0.25) is 5.88 Å². The van der Waals surface area contributed by atoms with E-state index in [0.717, 1.165) is 0 Å². The van der Waals surface area contributed by atoms with Gasteiger partial charge in [0.05, 0.1) is 13.7 Å². The number of hydrogen-bond acceptors (Lipinski definition) is 4. The topological polar surface area (TPSA) is 54.4 Å². The van der Waals surface area contributed by atoms with Gasteiger partial charge in [0, 0.05) is 6.07 Å². The first-order valence-electron chi connectivity index (χ1n) is 4.31. The number of alkyl halides is 2. The van der Waals surface area contributed by atoms with Crippen molar-refractivity contribution in [1.82, 2.24) is 4.98 Å². The van der Waals surface area contributed by atoms with Crippen molar-refractivity contribution in [2.24, 2.45) is 0 Å². The van der Waals surface area contributed by atoms with Crippen molar-refractivity contribution in [3.63, 3.8) is 0 Å². The number of aromatic nitrogens is 1. The van der Waals surface area contributed by atoms with Crippen LogP contribution in [0.2, 0.25) is 0 Å². The van der Waals surface area contributed by atoms with E-state index in [4.69, 9.17) is 9.84 Å². The number of rotatable bonds is 5. The monoisotopic (exact) mass is 218 g/mol. The predicted molar refractivity (Wildman–Crippen MR) is 51.3 cm³/mol. The summed E-state index contributed by atoms with van der Waals surface area (Å²) in [5, 5.41) is 10.7. The van der Waals surface area contributed by atoms with Crippen molar-refractivity contribution in [1.29, 1.82) is 0 Å². The van der Waals surface area contributed by atoms with Gasteiger partial charge in [-0.1, -0.05) is 6.07 Å². The van der Waals surface area contributed by atoms with Gasteiger partial charge in [-0.25, -0.2) is 8.78 Å². The molecule has 0 atom stereocenters. The summed E-state index contributed by atoms with van der Waals surface area (Å²) >= 11 is 0. The third-order valence-corrected chi connectivity index (χ3v) is 1.69. The van der Waals surface area contributed by atoms with Crippen molar-refractivity contribution in [3.8, 4) is 5.88 Å². The van der Waals surface area contributed by atoms with Gasteiger partial charge in [0.1, 0.15) is 12.4 Å². The van der Waals surface area contributed by atoms with Gasteiger partial charge in [-0.3, -0.25) is 0 Å². The number of pyridine rings is 1. The Labute approximate surface area is 85.9 Å². The summed E-state index contributed by atoms with van der Waals surface area (Å²) in [6, 6.07) is 4.77. The van der Waals surface area contributed by atoms with Crippen LogP contribution >= 0.6 is 0 Å². The van der Waals surface area contributed by atoms with Crippen molar-refractivity contribution in [2.75, 3.05) is 25.6 Å². The Hall–Kier alpha value is -1.43. The van der Waals surface area contributed by atoms with Gasteiger partial charge >= 0.3 is 0 Å². The summed E-state index contributed by atoms with van der Waals surface area (Å²) in [5.74, 6) is -2.53. The van der Waals surface area contributed by atoms with E-state index in [1.807, 2.05) is 0 Å². The number of aliphatic hydroxyl groups excluding tert-OH is 1. The lowest BCUT2D eigenvalue weighted by atomic mass is 10.3. The minimum absolute atomic E-state index is 0.280. The molecule has 1 aromatic heterocycles. The highest BCUT2D eigenvalue weighted by Gasteiger charge is 2.27.